The van der Waals surface area contributed by atoms with E-state index >= 15 is 0 Å². The molecule has 3 amide bonds. The zero-order chi connectivity index (χ0) is 22.8. The number of hydrogen-bond acceptors (Lipinski definition) is 3. The Labute approximate surface area is 231 Å². The molecule has 3 aromatic rings. The van der Waals surface area contributed by atoms with Gasteiger partial charge in [-0.3, -0.25) is 4.79 Å². The first-order valence-electron chi connectivity index (χ1n) is 9.31. The van der Waals surface area contributed by atoms with Gasteiger partial charge in [-0.05, 0) is 127 Å². The van der Waals surface area contributed by atoms with Gasteiger partial charge in [0, 0.05) is 8.59 Å². The van der Waals surface area contributed by atoms with Crippen molar-refractivity contribution in [2.75, 3.05) is 4.90 Å². The van der Waals surface area contributed by atoms with Crippen molar-refractivity contribution in [3.8, 4) is 5.75 Å². The van der Waals surface area contributed by atoms with Crippen LogP contribution in [0.1, 0.15) is 11.1 Å². The first kappa shape index (κ1) is 23.8. The largest absolute Gasteiger partial charge is 0.487 e. The van der Waals surface area contributed by atoms with Crippen LogP contribution in [-0.4, -0.2) is 11.9 Å². The predicted octanol–water partition coefficient (Wildman–Crippen LogP) is 6.83. The van der Waals surface area contributed by atoms with Gasteiger partial charge in [-0.15, -0.1) is 0 Å². The Balaban J connectivity index is 1.54. The van der Waals surface area contributed by atoms with Crippen molar-refractivity contribution in [2.45, 2.75) is 6.61 Å². The summed E-state index contributed by atoms with van der Waals surface area (Å²) in [5, 5.41) is 3.09. The van der Waals surface area contributed by atoms with Gasteiger partial charge in [0.15, 0.2) is 0 Å². The standard InChI is InChI=1S/C23H14ClI3N2O3/c24-15-2-1-3-17(11-15)29-22(30)20(28-23(29)31)10-14-8-18(26)21(19(27)9-14)32-12-13-4-6-16(25)7-5-13/h1-11H,12H2,(H,28,31)/b20-10+. The maximum absolute atomic E-state index is 12.9. The molecule has 0 bridgehead atoms. The van der Waals surface area contributed by atoms with E-state index in [0.717, 1.165) is 28.9 Å². The van der Waals surface area contributed by atoms with E-state index in [1.807, 2.05) is 36.4 Å². The Hall–Kier alpha value is -1.38. The highest BCUT2D eigenvalue weighted by Crippen LogP contribution is 2.31. The molecule has 9 heteroatoms. The number of hydrogen-bond donors (Lipinski definition) is 1. The Bertz CT molecular complexity index is 1220. The lowest BCUT2D eigenvalue weighted by atomic mass is 10.1. The molecule has 0 atom stereocenters. The topological polar surface area (TPSA) is 58.6 Å². The predicted molar refractivity (Wildman–Crippen MR) is 151 cm³/mol. The van der Waals surface area contributed by atoms with Gasteiger partial charge in [-0.25, -0.2) is 9.69 Å². The minimum absolute atomic E-state index is 0.203. The second kappa shape index (κ2) is 10.3. The quantitative estimate of drug-likeness (QED) is 0.176. The number of anilines is 1. The molecule has 0 aliphatic carbocycles. The number of amides is 3. The summed E-state index contributed by atoms with van der Waals surface area (Å²) in [5.74, 6) is 0.357. The molecule has 1 aliphatic rings. The van der Waals surface area contributed by atoms with Gasteiger partial charge in [-0.1, -0.05) is 29.8 Å². The summed E-state index contributed by atoms with van der Waals surface area (Å²) < 4.78 is 9.05. The van der Waals surface area contributed by atoms with Gasteiger partial charge in [0.2, 0.25) is 0 Å². The average molecular weight is 783 g/mol. The SMILES string of the molecule is O=C1N/C(=C/c2cc(I)c(OCc3ccc(I)cc3)c(I)c2)C(=O)N1c1cccc(Cl)c1. The normalized spacial score (nSPS) is 14.8. The number of carbonyl (C=O) groups excluding carboxylic acids is 2. The van der Waals surface area contributed by atoms with Gasteiger partial charge >= 0.3 is 6.03 Å². The van der Waals surface area contributed by atoms with Crippen LogP contribution in [0.25, 0.3) is 6.08 Å². The number of imide groups is 1. The van der Waals surface area contributed by atoms with E-state index in [2.05, 4.69) is 73.1 Å². The highest BCUT2D eigenvalue weighted by molar-refractivity contribution is 14.1. The first-order chi connectivity index (χ1) is 15.3. The molecule has 1 N–H and O–H groups in total. The van der Waals surface area contributed by atoms with Crippen LogP contribution in [0.5, 0.6) is 5.75 Å². The second-order valence-electron chi connectivity index (χ2n) is 6.84. The van der Waals surface area contributed by atoms with Crippen LogP contribution in [0.4, 0.5) is 10.5 Å². The van der Waals surface area contributed by atoms with Crippen molar-refractivity contribution in [1.29, 1.82) is 0 Å². The van der Waals surface area contributed by atoms with E-state index < -0.39 is 11.9 Å². The number of halogens is 4. The highest BCUT2D eigenvalue weighted by Gasteiger charge is 2.35. The fraction of sp³-hybridized carbons (Fsp3) is 0.0435. The van der Waals surface area contributed by atoms with E-state index in [-0.39, 0.29) is 5.70 Å². The third-order valence-electron chi connectivity index (χ3n) is 4.57. The lowest BCUT2D eigenvalue weighted by molar-refractivity contribution is -0.113. The van der Waals surface area contributed by atoms with Crippen molar-refractivity contribution in [3.63, 3.8) is 0 Å². The van der Waals surface area contributed by atoms with Crippen LogP contribution in [0, 0.1) is 10.7 Å². The lowest BCUT2D eigenvalue weighted by Gasteiger charge is -2.12. The van der Waals surface area contributed by atoms with Crippen molar-refractivity contribution in [1.82, 2.24) is 5.32 Å². The molecular weight excluding hydrogens is 768 g/mol. The van der Waals surface area contributed by atoms with E-state index in [1.54, 1.807) is 30.3 Å². The number of nitrogens with one attached hydrogen (secondary N) is 1. The molecule has 1 saturated heterocycles. The summed E-state index contributed by atoms with van der Waals surface area (Å²) in [6.45, 7) is 0.465. The number of carbonyl (C=O) groups is 2. The van der Waals surface area contributed by atoms with Crippen molar-refractivity contribution in [2.24, 2.45) is 0 Å². The smallest absolute Gasteiger partial charge is 0.333 e. The maximum atomic E-state index is 12.9. The van der Waals surface area contributed by atoms with Crippen LogP contribution in [0.2, 0.25) is 5.02 Å². The number of benzene rings is 3. The first-order valence-corrected chi connectivity index (χ1v) is 12.9. The molecule has 32 heavy (non-hydrogen) atoms. The molecule has 0 unspecified atom stereocenters. The van der Waals surface area contributed by atoms with E-state index in [0.29, 0.717) is 17.3 Å². The number of rotatable bonds is 5. The fourth-order valence-electron chi connectivity index (χ4n) is 3.09. The molecule has 5 nitrogen and oxygen atoms in total. The summed E-state index contributed by atoms with van der Waals surface area (Å²) in [7, 11) is 0. The Kier molecular flexibility index (Phi) is 7.62. The van der Waals surface area contributed by atoms with Crippen molar-refractivity contribution in [3.05, 3.63) is 93.2 Å². The van der Waals surface area contributed by atoms with Gasteiger partial charge in [-0.2, -0.15) is 0 Å². The fourth-order valence-corrected chi connectivity index (χ4v) is 5.76. The summed E-state index contributed by atoms with van der Waals surface area (Å²) >= 11 is 12.7. The minimum Gasteiger partial charge on any atom is -0.487 e. The van der Waals surface area contributed by atoms with Crippen molar-refractivity contribution >= 4 is 103 Å². The Morgan fingerprint density at radius 2 is 1.66 bits per heavy atom. The molecule has 0 spiro atoms. The zero-order valence-electron chi connectivity index (χ0n) is 16.2. The van der Waals surface area contributed by atoms with Crippen LogP contribution in [0.3, 0.4) is 0 Å². The molecule has 1 aliphatic heterocycles. The highest BCUT2D eigenvalue weighted by atomic mass is 127. The van der Waals surface area contributed by atoms with E-state index in [9.17, 15) is 9.59 Å². The molecule has 3 aromatic carbocycles. The van der Waals surface area contributed by atoms with Gasteiger partial charge < -0.3 is 10.1 Å². The number of ether oxygens (including phenoxy) is 1. The average Bonchev–Trinajstić information content (AvgIpc) is 3.01. The van der Waals surface area contributed by atoms with Crippen molar-refractivity contribution < 1.29 is 14.3 Å². The summed E-state index contributed by atoms with van der Waals surface area (Å²) in [4.78, 5) is 26.3. The molecule has 0 saturated carbocycles. The maximum Gasteiger partial charge on any atom is 0.333 e. The number of nitrogens with zero attached hydrogens (tertiary/aromatic N) is 1. The van der Waals surface area contributed by atoms with Crippen LogP contribution < -0.4 is 15.0 Å². The summed E-state index contributed by atoms with van der Waals surface area (Å²) in [5.41, 5.74) is 2.50. The monoisotopic (exact) mass is 782 g/mol. The van der Waals surface area contributed by atoms with Gasteiger partial charge in [0.05, 0.1) is 12.8 Å². The Morgan fingerprint density at radius 3 is 2.31 bits per heavy atom. The molecule has 0 radical (unpaired) electrons. The third kappa shape index (κ3) is 5.39. The van der Waals surface area contributed by atoms with E-state index in [4.69, 9.17) is 16.3 Å². The minimum atomic E-state index is -0.509. The molecule has 0 aromatic heterocycles. The van der Waals surface area contributed by atoms with Crippen LogP contribution in [-0.2, 0) is 11.4 Å². The zero-order valence-corrected chi connectivity index (χ0v) is 23.5. The third-order valence-corrected chi connectivity index (χ3v) is 7.13. The molecule has 4 rings (SSSR count). The molecule has 162 valence electrons. The van der Waals surface area contributed by atoms with Crippen LogP contribution in [0.15, 0.2) is 66.4 Å². The van der Waals surface area contributed by atoms with E-state index in [1.165, 1.54) is 3.57 Å². The van der Waals surface area contributed by atoms with Gasteiger partial charge in [0.25, 0.3) is 5.91 Å². The second-order valence-corrected chi connectivity index (χ2v) is 10.8. The summed E-state index contributed by atoms with van der Waals surface area (Å²) in [6.07, 6.45) is 1.66. The molecule has 1 heterocycles. The van der Waals surface area contributed by atoms with Crippen LogP contribution >= 0.6 is 79.4 Å². The molecule has 1 fully saturated rings. The lowest BCUT2D eigenvalue weighted by Crippen LogP contribution is -2.30. The number of urea groups is 1. The molecular formula is C23H14ClI3N2O3. The Morgan fingerprint density at radius 1 is 0.969 bits per heavy atom. The van der Waals surface area contributed by atoms with Gasteiger partial charge in [0.1, 0.15) is 18.1 Å². The summed E-state index contributed by atoms with van der Waals surface area (Å²) in [6, 6.07) is 18.1.